The maximum absolute atomic E-state index is 11.4. The SMILES string of the molecule is CC(C)CN(CCC1CCCC1(N)C(=O)O)C1CC1. The van der Waals surface area contributed by atoms with Crippen LogP contribution in [0.4, 0.5) is 0 Å². The van der Waals surface area contributed by atoms with Gasteiger partial charge in [-0.1, -0.05) is 20.3 Å². The monoisotopic (exact) mass is 268 g/mol. The van der Waals surface area contributed by atoms with Gasteiger partial charge >= 0.3 is 5.97 Å². The number of nitrogens with zero attached hydrogens (tertiary/aromatic N) is 1. The van der Waals surface area contributed by atoms with E-state index in [1.165, 1.54) is 12.8 Å². The average Bonchev–Trinajstić information content (AvgIpc) is 3.09. The number of carbonyl (C=O) groups is 1. The molecule has 0 spiro atoms. The lowest BCUT2D eigenvalue weighted by atomic mass is 9.85. The van der Waals surface area contributed by atoms with Crippen molar-refractivity contribution in [3.8, 4) is 0 Å². The second-order valence-corrected chi connectivity index (χ2v) is 6.84. The number of carboxylic acid groups (broad SMARTS) is 1. The van der Waals surface area contributed by atoms with Crippen molar-refractivity contribution in [2.75, 3.05) is 13.1 Å². The van der Waals surface area contributed by atoms with Crippen LogP contribution in [-0.4, -0.2) is 40.6 Å². The first-order valence-electron chi connectivity index (χ1n) is 7.70. The molecule has 2 fully saturated rings. The Morgan fingerprint density at radius 3 is 2.63 bits per heavy atom. The van der Waals surface area contributed by atoms with Gasteiger partial charge in [0.05, 0.1) is 0 Å². The van der Waals surface area contributed by atoms with Gasteiger partial charge in [-0.3, -0.25) is 4.79 Å². The Labute approximate surface area is 116 Å². The van der Waals surface area contributed by atoms with Crippen LogP contribution in [0.15, 0.2) is 0 Å². The highest BCUT2D eigenvalue weighted by Crippen LogP contribution is 2.37. The molecule has 0 aromatic heterocycles. The van der Waals surface area contributed by atoms with Crippen molar-refractivity contribution in [3.05, 3.63) is 0 Å². The summed E-state index contributed by atoms with van der Waals surface area (Å²) in [5.74, 6) is 0.0153. The van der Waals surface area contributed by atoms with Gasteiger partial charge in [0, 0.05) is 12.6 Å². The van der Waals surface area contributed by atoms with Gasteiger partial charge < -0.3 is 15.7 Å². The van der Waals surface area contributed by atoms with Crippen molar-refractivity contribution >= 4 is 5.97 Å². The first-order valence-corrected chi connectivity index (χ1v) is 7.70. The van der Waals surface area contributed by atoms with Gasteiger partial charge in [-0.25, -0.2) is 0 Å². The minimum atomic E-state index is -0.965. The molecular weight excluding hydrogens is 240 g/mol. The molecule has 2 aliphatic rings. The summed E-state index contributed by atoms with van der Waals surface area (Å²) in [7, 11) is 0. The van der Waals surface area contributed by atoms with Gasteiger partial charge in [0.2, 0.25) is 0 Å². The molecule has 0 aromatic rings. The minimum Gasteiger partial charge on any atom is -0.480 e. The third-order valence-corrected chi connectivity index (χ3v) is 4.70. The number of nitrogens with two attached hydrogens (primary N) is 1. The van der Waals surface area contributed by atoms with Gasteiger partial charge in [-0.15, -0.1) is 0 Å². The number of aliphatic carboxylic acids is 1. The zero-order chi connectivity index (χ0) is 14.0. The molecule has 2 atom stereocenters. The second-order valence-electron chi connectivity index (χ2n) is 6.84. The highest BCUT2D eigenvalue weighted by molar-refractivity contribution is 5.79. The van der Waals surface area contributed by atoms with E-state index in [9.17, 15) is 9.90 Å². The van der Waals surface area contributed by atoms with Crippen LogP contribution in [0.5, 0.6) is 0 Å². The van der Waals surface area contributed by atoms with Crippen LogP contribution in [0.3, 0.4) is 0 Å². The van der Waals surface area contributed by atoms with Crippen LogP contribution in [-0.2, 0) is 4.79 Å². The van der Waals surface area contributed by atoms with Crippen molar-refractivity contribution in [1.82, 2.24) is 4.90 Å². The third kappa shape index (κ3) is 3.48. The molecule has 0 saturated heterocycles. The molecule has 0 amide bonds. The third-order valence-electron chi connectivity index (χ3n) is 4.70. The largest absolute Gasteiger partial charge is 0.480 e. The number of carboxylic acids is 1. The van der Waals surface area contributed by atoms with Crippen molar-refractivity contribution in [2.24, 2.45) is 17.6 Å². The highest BCUT2D eigenvalue weighted by Gasteiger charge is 2.45. The minimum absolute atomic E-state index is 0.151. The first-order chi connectivity index (χ1) is 8.93. The van der Waals surface area contributed by atoms with E-state index < -0.39 is 11.5 Å². The normalized spacial score (nSPS) is 31.3. The standard InChI is InChI=1S/C15H28N2O2/c1-11(2)10-17(13-5-6-13)9-7-12-4-3-8-15(12,16)14(18)19/h11-13H,3-10,16H2,1-2H3,(H,18,19). The van der Waals surface area contributed by atoms with E-state index in [0.29, 0.717) is 12.3 Å². The van der Waals surface area contributed by atoms with E-state index in [1.54, 1.807) is 0 Å². The Bertz CT molecular complexity index is 328. The lowest BCUT2D eigenvalue weighted by molar-refractivity contribution is -0.144. The summed E-state index contributed by atoms with van der Waals surface area (Å²) in [6.45, 7) is 6.63. The zero-order valence-electron chi connectivity index (χ0n) is 12.3. The molecule has 2 aliphatic carbocycles. The summed E-state index contributed by atoms with van der Waals surface area (Å²) in [6, 6.07) is 0.751. The van der Waals surface area contributed by atoms with E-state index in [4.69, 9.17) is 5.73 Å². The Hall–Kier alpha value is -0.610. The van der Waals surface area contributed by atoms with Crippen LogP contribution in [0.2, 0.25) is 0 Å². The fraction of sp³-hybridized carbons (Fsp3) is 0.933. The summed E-state index contributed by atoms with van der Waals surface area (Å²) in [6.07, 6.45) is 6.13. The van der Waals surface area contributed by atoms with Crippen molar-refractivity contribution in [1.29, 1.82) is 0 Å². The molecule has 4 nitrogen and oxygen atoms in total. The van der Waals surface area contributed by atoms with Crippen LogP contribution >= 0.6 is 0 Å². The summed E-state index contributed by atoms with van der Waals surface area (Å²) in [5.41, 5.74) is 5.14. The van der Waals surface area contributed by atoms with E-state index in [2.05, 4.69) is 18.7 Å². The Kier molecular flexibility index (Phi) is 4.51. The summed E-state index contributed by atoms with van der Waals surface area (Å²) >= 11 is 0. The quantitative estimate of drug-likeness (QED) is 0.742. The Balaban J connectivity index is 1.87. The van der Waals surface area contributed by atoms with Crippen LogP contribution < -0.4 is 5.73 Å². The lowest BCUT2D eigenvalue weighted by Crippen LogP contribution is -2.51. The predicted octanol–water partition coefficient (Wildman–Crippen LogP) is 2.08. The predicted molar refractivity (Wildman–Crippen MR) is 75.9 cm³/mol. The van der Waals surface area contributed by atoms with E-state index in [-0.39, 0.29) is 5.92 Å². The van der Waals surface area contributed by atoms with Crippen LogP contribution in [0.25, 0.3) is 0 Å². The molecule has 110 valence electrons. The van der Waals surface area contributed by atoms with Gasteiger partial charge in [0.1, 0.15) is 5.54 Å². The lowest BCUT2D eigenvalue weighted by Gasteiger charge is -2.30. The molecule has 2 saturated carbocycles. The second kappa shape index (κ2) is 5.80. The molecule has 4 heteroatoms. The molecule has 2 rings (SSSR count). The summed E-state index contributed by atoms with van der Waals surface area (Å²) in [5, 5.41) is 9.34. The van der Waals surface area contributed by atoms with Gasteiger partial charge in [0.25, 0.3) is 0 Å². The average molecular weight is 268 g/mol. The maximum atomic E-state index is 11.4. The van der Waals surface area contributed by atoms with Gasteiger partial charge in [-0.05, 0) is 50.5 Å². The maximum Gasteiger partial charge on any atom is 0.323 e. The van der Waals surface area contributed by atoms with Crippen molar-refractivity contribution < 1.29 is 9.90 Å². The Morgan fingerprint density at radius 2 is 2.11 bits per heavy atom. The molecule has 0 bridgehead atoms. The van der Waals surface area contributed by atoms with Crippen LogP contribution in [0, 0.1) is 11.8 Å². The van der Waals surface area contributed by atoms with E-state index in [0.717, 1.165) is 38.4 Å². The molecule has 19 heavy (non-hydrogen) atoms. The summed E-state index contributed by atoms with van der Waals surface area (Å²) in [4.78, 5) is 13.9. The molecule has 3 N–H and O–H groups in total. The van der Waals surface area contributed by atoms with E-state index in [1.807, 2.05) is 0 Å². The Morgan fingerprint density at radius 1 is 1.42 bits per heavy atom. The van der Waals surface area contributed by atoms with Crippen LogP contribution in [0.1, 0.15) is 52.4 Å². The van der Waals surface area contributed by atoms with E-state index >= 15 is 0 Å². The van der Waals surface area contributed by atoms with Gasteiger partial charge in [0.15, 0.2) is 0 Å². The van der Waals surface area contributed by atoms with Gasteiger partial charge in [-0.2, -0.15) is 0 Å². The number of hydrogen-bond acceptors (Lipinski definition) is 3. The molecule has 0 aliphatic heterocycles. The first kappa shape index (κ1) is 14.8. The summed E-state index contributed by atoms with van der Waals surface area (Å²) < 4.78 is 0. The molecule has 0 aromatic carbocycles. The smallest absolute Gasteiger partial charge is 0.323 e. The fourth-order valence-electron chi connectivity index (χ4n) is 3.44. The molecule has 2 unspecified atom stereocenters. The fourth-order valence-corrected chi connectivity index (χ4v) is 3.44. The zero-order valence-corrected chi connectivity index (χ0v) is 12.3. The highest BCUT2D eigenvalue weighted by atomic mass is 16.4. The molecule has 0 radical (unpaired) electrons. The molecule has 0 heterocycles. The van der Waals surface area contributed by atoms with Crippen molar-refractivity contribution in [3.63, 3.8) is 0 Å². The number of rotatable bonds is 7. The number of hydrogen-bond donors (Lipinski definition) is 2. The molecular formula is C15H28N2O2. The topological polar surface area (TPSA) is 66.6 Å². The van der Waals surface area contributed by atoms with Crippen molar-refractivity contribution in [2.45, 2.75) is 64.0 Å².